The summed E-state index contributed by atoms with van der Waals surface area (Å²) in [4.78, 5) is 20.6. The number of rotatable bonds is 4. The van der Waals surface area contributed by atoms with Crippen LogP contribution in [0, 0.1) is 11.8 Å². The van der Waals surface area contributed by atoms with Gasteiger partial charge in [0.2, 0.25) is 0 Å². The highest BCUT2D eigenvalue weighted by Gasteiger charge is 2.26. The second-order valence-electron chi connectivity index (χ2n) is 8.61. The summed E-state index contributed by atoms with van der Waals surface area (Å²) < 4.78 is 1.70. The maximum Gasteiger partial charge on any atom is 0.303 e. The Morgan fingerprint density at radius 2 is 2.03 bits per heavy atom. The Morgan fingerprint density at radius 1 is 1.28 bits per heavy atom. The molecule has 2 unspecified atom stereocenters. The van der Waals surface area contributed by atoms with E-state index in [1.165, 1.54) is 0 Å². The molecule has 0 bridgehead atoms. The summed E-state index contributed by atoms with van der Waals surface area (Å²) in [6, 6.07) is 2.21. The van der Waals surface area contributed by atoms with Crippen molar-refractivity contribution >= 4 is 29.2 Å². The highest BCUT2D eigenvalue weighted by molar-refractivity contribution is 6.12. The quantitative estimate of drug-likeness (QED) is 0.815. The topological polar surface area (TPSA) is 106 Å². The van der Waals surface area contributed by atoms with Crippen LogP contribution in [-0.2, 0) is 4.79 Å². The van der Waals surface area contributed by atoms with Gasteiger partial charge in [-0.15, -0.1) is 0 Å². The molecule has 1 fully saturated rings. The molecule has 7 nitrogen and oxygen atoms in total. The van der Waals surface area contributed by atoms with Gasteiger partial charge in [-0.2, -0.15) is 9.61 Å². The molecule has 7 heteroatoms. The minimum atomic E-state index is -0.705. The maximum absolute atomic E-state index is 11.0. The standard InChI is InChI=1S/C22H29N5O2/c1-13-3-6-17(11-24-14(13)2)18-12-25-27-20(23)10-19(26-22(18)27)16-7-4-15(5-8-16)9-21(28)29/h6,10-16H,3-5,7-9,23H2,1-2H3,(H,28,29). The van der Waals surface area contributed by atoms with E-state index < -0.39 is 5.97 Å². The van der Waals surface area contributed by atoms with Crippen LogP contribution in [0.25, 0.3) is 11.2 Å². The Kier molecular flexibility index (Phi) is 5.39. The average Bonchev–Trinajstić information content (AvgIpc) is 3.04. The van der Waals surface area contributed by atoms with Gasteiger partial charge in [-0.1, -0.05) is 13.0 Å². The fraction of sp³-hybridized carbons (Fsp3) is 0.545. The smallest absolute Gasteiger partial charge is 0.303 e. The van der Waals surface area contributed by atoms with Crippen LogP contribution in [0.4, 0.5) is 5.82 Å². The number of hydrogen-bond donors (Lipinski definition) is 2. The average molecular weight is 396 g/mol. The van der Waals surface area contributed by atoms with Gasteiger partial charge >= 0.3 is 5.97 Å². The number of hydrogen-bond acceptors (Lipinski definition) is 5. The molecule has 3 heterocycles. The highest BCUT2D eigenvalue weighted by atomic mass is 16.4. The summed E-state index contributed by atoms with van der Waals surface area (Å²) in [7, 11) is 0. The van der Waals surface area contributed by atoms with Gasteiger partial charge in [-0.25, -0.2) is 4.98 Å². The molecule has 1 saturated carbocycles. The van der Waals surface area contributed by atoms with E-state index in [-0.39, 0.29) is 12.3 Å². The molecule has 0 spiro atoms. The van der Waals surface area contributed by atoms with Crippen molar-refractivity contribution in [3.8, 4) is 0 Å². The van der Waals surface area contributed by atoms with Crippen molar-refractivity contribution in [2.24, 2.45) is 16.8 Å². The fourth-order valence-corrected chi connectivity index (χ4v) is 4.41. The Balaban J connectivity index is 1.63. The summed E-state index contributed by atoms with van der Waals surface area (Å²) in [5.74, 6) is 0.957. The van der Waals surface area contributed by atoms with Gasteiger partial charge in [-0.05, 0) is 50.9 Å². The first-order valence-electron chi connectivity index (χ1n) is 10.5. The molecular formula is C22H29N5O2. The molecule has 2 aromatic rings. The molecule has 2 aromatic heterocycles. The molecule has 0 saturated heterocycles. The van der Waals surface area contributed by atoms with Gasteiger partial charge in [0.05, 0.1) is 6.20 Å². The molecule has 2 aliphatic rings. The van der Waals surface area contributed by atoms with E-state index in [9.17, 15) is 4.79 Å². The van der Waals surface area contributed by atoms with Crippen LogP contribution in [0.15, 0.2) is 23.3 Å². The highest BCUT2D eigenvalue weighted by Crippen LogP contribution is 2.37. The Hall–Kier alpha value is -2.70. The zero-order chi connectivity index (χ0) is 20.5. The lowest BCUT2D eigenvalue weighted by Crippen LogP contribution is -2.17. The molecule has 4 rings (SSSR count). The van der Waals surface area contributed by atoms with E-state index in [1.54, 1.807) is 4.52 Å². The number of carbonyl (C=O) groups is 1. The lowest BCUT2D eigenvalue weighted by atomic mass is 9.79. The maximum atomic E-state index is 11.0. The number of carboxylic acids is 1. The molecule has 1 aliphatic heterocycles. The number of nitrogens with two attached hydrogens (primary N) is 1. The predicted octanol–water partition coefficient (Wildman–Crippen LogP) is 3.94. The summed E-state index contributed by atoms with van der Waals surface area (Å²) in [5.41, 5.74) is 10.1. The second-order valence-corrected chi connectivity index (χ2v) is 8.61. The first-order valence-corrected chi connectivity index (χ1v) is 10.5. The van der Waals surface area contributed by atoms with E-state index >= 15 is 0 Å². The largest absolute Gasteiger partial charge is 0.481 e. The van der Waals surface area contributed by atoms with Crippen molar-refractivity contribution in [1.29, 1.82) is 0 Å². The van der Waals surface area contributed by atoms with Crippen molar-refractivity contribution < 1.29 is 9.90 Å². The Bertz CT molecular complexity index is 969. The number of aliphatic imine (C=N–C) groups is 1. The zero-order valence-corrected chi connectivity index (χ0v) is 17.1. The van der Waals surface area contributed by atoms with Crippen LogP contribution in [0.2, 0.25) is 0 Å². The molecule has 3 N–H and O–H groups in total. The van der Waals surface area contributed by atoms with Crippen LogP contribution in [0.5, 0.6) is 0 Å². The Labute approximate surface area is 170 Å². The number of carboxylic acid groups (broad SMARTS) is 1. The summed E-state index contributed by atoms with van der Waals surface area (Å²) in [6.07, 6.45) is 10.9. The summed E-state index contributed by atoms with van der Waals surface area (Å²) >= 11 is 0. The van der Waals surface area contributed by atoms with Gasteiger partial charge in [0.25, 0.3) is 0 Å². The lowest BCUT2D eigenvalue weighted by molar-refractivity contribution is -0.138. The van der Waals surface area contributed by atoms with Gasteiger partial charge in [0, 0.05) is 47.5 Å². The third-order valence-corrected chi connectivity index (χ3v) is 6.54. The van der Waals surface area contributed by atoms with Crippen molar-refractivity contribution in [1.82, 2.24) is 14.6 Å². The van der Waals surface area contributed by atoms with Crippen molar-refractivity contribution in [2.75, 3.05) is 5.73 Å². The van der Waals surface area contributed by atoms with Crippen molar-refractivity contribution in [3.05, 3.63) is 29.6 Å². The number of allylic oxidation sites excluding steroid dienone is 2. The first-order chi connectivity index (χ1) is 13.9. The van der Waals surface area contributed by atoms with Crippen LogP contribution < -0.4 is 5.73 Å². The lowest BCUT2D eigenvalue weighted by Gasteiger charge is -2.27. The van der Waals surface area contributed by atoms with Gasteiger partial charge in [0.15, 0.2) is 5.65 Å². The normalized spacial score (nSPS) is 27.6. The second kappa shape index (κ2) is 7.97. The zero-order valence-electron chi connectivity index (χ0n) is 17.1. The van der Waals surface area contributed by atoms with Crippen LogP contribution in [-0.4, -0.2) is 37.9 Å². The minimum Gasteiger partial charge on any atom is -0.481 e. The van der Waals surface area contributed by atoms with E-state index in [0.29, 0.717) is 23.7 Å². The van der Waals surface area contributed by atoms with E-state index in [1.807, 2.05) is 18.5 Å². The van der Waals surface area contributed by atoms with Gasteiger partial charge in [0.1, 0.15) is 5.82 Å². The van der Waals surface area contributed by atoms with Gasteiger partial charge in [-0.3, -0.25) is 9.79 Å². The molecule has 0 amide bonds. The SMILES string of the molecule is CC1CC=C(c2cnn3c(N)cc(C4CCC(CC(=O)O)CC4)nc23)C=NC1C. The van der Waals surface area contributed by atoms with Crippen LogP contribution in [0.3, 0.4) is 0 Å². The predicted molar refractivity (Wildman–Crippen MR) is 114 cm³/mol. The van der Waals surface area contributed by atoms with Crippen molar-refractivity contribution in [2.45, 2.75) is 64.3 Å². The molecule has 1 aliphatic carbocycles. The first kappa shape index (κ1) is 19.6. The van der Waals surface area contributed by atoms with E-state index in [2.05, 4.69) is 30.0 Å². The number of aliphatic carboxylic acids is 1. The van der Waals surface area contributed by atoms with Crippen molar-refractivity contribution in [3.63, 3.8) is 0 Å². The van der Waals surface area contributed by atoms with E-state index in [0.717, 1.165) is 54.6 Å². The number of fused-ring (bicyclic) bond motifs is 1. The number of aromatic nitrogens is 3. The number of nitrogen functional groups attached to an aromatic ring is 1. The van der Waals surface area contributed by atoms with E-state index in [4.69, 9.17) is 15.8 Å². The van der Waals surface area contributed by atoms with Gasteiger partial charge < -0.3 is 10.8 Å². The van der Waals surface area contributed by atoms with Crippen LogP contribution in [0.1, 0.15) is 69.5 Å². The molecule has 2 atom stereocenters. The monoisotopic (exact) mass is 395 g/mol. The third-order valence-electron chi connectivity index (χ3n) is 6.54. The molecule has 29 heavy (non-hydrogen) atoms. The molecule has 0 aromatic carbocycles. The van der Waals surface area contributed by atoms with Crippen LogP contribution >= 0.6 is 0 Å². The fourth-order valence-electron chi connectivity index (χ4n) is 4.41. The number of anilines is 1. The third kappa shape index (κ3) is 4.04. The molecule has 154 valence electrons. The minimum absolute atomic E-state index is 0.262. The Morgan fingerprint density at radius 3 is 2.76 bits per heavy atom. The summed E-state index contributed by atoms with van der Waals surface area (Å²) in [6.45, 7) is 4.36. The summed E-state index contributed by atoms with van der Waals surface area (Å²) in [5, 5.41) is 13.5. The molecular weight excluding hydrogens is 366 g/mol. The number of nitrogens with zero attached hydrogens (tertiary/aromatic N) is 4. The molecule has 0 radical (unpaired) electrons.